The van der Waals surface area contributed by atoms with Crippen LogP contribution >= 0.6 is 0 Å². The minimum Gasteiger partial charge on any atom is -0.508 e. The van der Waals surface area contributed by atoms with Crippen molar-refractivity contribution in [2.24, 2.45) is 0 Å². The summed E-state index contributed by atoms with van der Waals surface area (Å²) in [6, 6.07) is 79.4. The average molecular weight is 1200 g/mol. The Hall–Kier alpha value is -9.48. The van der Waals surface area contributed by atoms with Crippen molar-refractivity contribution in [2.45, 2.75) is 79.4 Å². The summed E-state index contributed by atoms with van der Waals surface area (Å²) in [5, 5.41) is 48.6. The molecule has 0 spiro atoms. The smallest absolute Gasteiger partial charge is 0.121 e. The number of nitrogens with zero attached hydrogens (tertiary/aromatic N) is 6. The summed E-state index contributed by atoms with van der Waals surface area (Å²) in [6.07, 6.45) is -2.23. The first-order valence-corrected chi connectivity index (χ1v) is 32.4. The zero-order valence-electron chi connectivity index (χ0n) is 53.4. The number of phenolic OH excluding ortho intramolecular Hbond substituents is 2. The maximum Gasteiger partial charge on any atom is 0.121 e. The second kappa shape index (κ2) is 27.9. The number of rotatable bonds is 24. The van der Waals surface area contributed by atoms with Crippen LogP contribution in [-0.2, 0) is 0 Å². The fourth-order valence-electron chi connectivity index (χ4n) is 13.6. The number of aromatic hydroxyl groups is 2. The number of aliphatic hydroxyl groups is 2. The molecule has 11 rings (SSSR count). The molecule has 1 saturated carbocycles. The van der Waals surface area contributed by atoms with Crippen LogP contribution in [0.5, 0.6) is 11.5 Å². The van der Waals surface area contributed by atoms with Crippen molar-refractivity contribution in [1.29, 1.82) is 0 Å². The molecular weight excluding hydrogens is 1110 g/mol. The van der Waals surface area contributed by atoms with Crippen LogP contribution in [0.4, 0.5) is 56.9 Å². The predicted molar refractivity (Wildman–Crippen MR) is 379 cm³/mol. The van der Waals surface area contributed by atoms with Gasteiger partial charge in [-0.05, 0) is 163 Å². The molecule has 0 atom stereocenters. The second-order valence-corrected chi connectivity index (χ2v) is 23.1. The monoisotopic (exact) mass is 1190 g/mol. The third-order valence-corrected chi connectivity index (χ3v) is 18.5. The van der Waals surface area contributed by atoms with Gasteiger partial charge in [-0.3, -0.25) is 0 Å². The molecule has 10 nitrogen and oxygen atoms in total. The Balaban J connectivity index is 0.904. The summed E-state index contributed by atoms with van der Waals surface area (Å²) < 4.78 is 0. The van der Waals surface area contributed by atoms with E-state index in [1.807, 2.05) is 24.3 Å². The molecule has 0 amide bonds. The van der Waals surface area contributed by atoms with Crippen molar-refractivity contribution in [3.8, 4) is 56.0 Å². The van der Waals surface area contributed by atoms with Gasteiger partial charge in [0.15, 0.2) is 0 Å². The lowest BCUT2D eigenvalue weighted by Crippen LogP contribution is -2.51. The standard InChI is InChI=1S/C80H86N6O4/c1-9-81(10-2)71-29-21-17-25-65(71)55-33-41-59(42-34-55)85(60-43-35-56(36-44-60)66-26-18-22-30-72(66)82(11-3)12-4)63-49-51-69(75(87)53-63)77-79(89)78(80(77)90)70-52-50-64(54-76(70)88)86(61-45-37-57(38-46-61)67-27-19-23-31-73(67)83(13-5)14-6)62-47-39-58(40-48-62)68-28-20-24-32-74(68)84(15-7)16-8/h17-54,77-80,87-90H,9-16H2,1-8H3. The normalized spacial score (nSPS) is 15.2. The highest BCUT2D eigenvalue weighted by molar-refractivity contribution is 5.87. The molecule has 0 aliphatic heterocycles. The van der Waals surface area contributed by atoms with Gasteiger partial charge in [0.05, 0.1) is 12.2 Å². The third-order valence-electron chi connectivity index (χ3n) is 18.5. The first-order chi connectivity index (χ1) is 44.0. The van der Waals surface area contributed by atoms with Crippen LogP contribution in [0.2, 0.25) is 0 Å². The average Bonchev–Trinajstić information content (AvgIpc) is 2.28. The maximum absolute atomic E-state index is 12.2. The highest BCUT2D eigenvalue weighted by atomic mass is 16.3. The molecule has 1 aliphatic rings. The number of benzene rings is 10. The van der Waals surface area contributed by atoms with E-state index in [0.29, 0.717) is 22.5 Å². The molecule has 0 saturated heterocycles. The molecule has 90 heavy (non-hydrogen) atoms. The SMILES string of the molecule is CCN(CC)c1ccccc1-c1ccc(N(c2ccc(-c3ccccc3N(CC)CC)cc2)c2ccc(C3C(O)C(c4ccc(N(c5ccc(-c6ccccc6N(CC)CC)cc5)c5ccc(-c6ccccc6N(CC)CC)cc5)cc4O)C3O)c(O)c2)cc1. The van der Waals surface area contributed by atoms with E-state index in [0.717, 1.165) is 120 Å². The van der Waals surface area contributed by atoms with Gasteiger partial charge in [0.2, 0.25) is 0 Å². The van der Waals surface area contributed by atoms with Gasteiger partial charge < -0.3 is 49.8 Å². The summed E-state index contributed by atoms with van der Waals surface area (Å²) in [6.45, 7) is 24.6. The minimum atomic E-state index is -1.11. The molecule has 10 heteroatoms. The number of aliphatic hydroxyl groups excluding tert-OH is 2. The molecule has 10 aromatic carbocycles. The predicted octanol–water partition coefficient (Wildman–Crippen LogP) is 18.7. The first-order valence-electron chi connectivity index (χ1n) is 32.4. The lowest BCUT2D eigenvalue weighted by Gasteiger charge is -2.47. The molecule has 1 fully saturated rings. The summed E-state index contributed by atoms with van der Waals surface area (Å²) in [7, 11) is 0. The van der Waals surface area contributed by atoms with Crippen molar-refractivity contribution in [3.63, 3.8) is 0 Å². The highest BCUT2D eigenvalue weighted by Crippen LogP contribution is 2.54. The topological polar surface area (TPSA) is 100 Å². The summed E-state index contributed by atoms with van der Waals surface area (Å²) in [4.78, 5) is 13.7. The van der Waals surface area contributed by atoms with Gasteiger partial charge in [0.25, 0.3) is 0 Å². The maximum atomic E-state index is 12.2. The molecule has 0 bridgehead atoms. The highest BCUT2D eigenvalue weighted by Gasteiger charge is 2.52. The van der Waals surface area contributed by atoms with E-state index in [2.05, 4.69) is 279 Å². The zero-order chi connectivity index (χ0) is 63.0. The van der Waals surface area contributed by atoms with E-state index < -0.39 is 24.0 Å². The van der Waals surface area contributed by atoms with Gasteiger partial charge in [-0.15, -0.1) is 0 Å². The first kappa shape index (κ1) is 62.1. The van der Waals surface area contributed by atoms with Crippen molar-refractivity contribution in [2.75, 3.05) is 81.8 Å². The van der Waals surface area contributed by atoms with Crippen LogP contribution in [0.1, 0.15) is 78.4 Å². The molecule has 0 radical (unpaired) electrons. The van der Waals surface area contributed by atoms with Crippen molar-refractivity contribution >= 4 is 56.9 Å². The van der Waals surface area contributed by atoms with E-state index in [9.17, 15) is 20.4 Å². The Labute approximate surface area is 533 Å². The number of phenols is 2. The van der Waals surface area contributed by atoms with E-state index in [1.165, 1.54) is 22.7 Å². The number of para-hydroxylation sites is 4. The van der Waals surface area contributed by atoms with E-state index in [-0.39, 0.29) is 11.5 Å². The number of hydrogen-bond donors (Lipinski definition) is 4. The van der Waals surface area contributed by atoms with Crippen molar-refractivity contribution < 1.29 is 20.4 Å². The molecule has 460 valence electrons. The Morgan fingerprint density at radius 1 is 0.267 bits per heavy atom. The molecule has 0 aromatic heterocycles. The lowest BCUT2D eigenvalue weighted by atomic mass is 9.63. The molecule has 4 N–H and O–H groups in total. The molecule has 0 heterocycles. The zero-order valence-corrected chi connectivity index (χ0v) is 53.4. The van der Waals surface area contributed by atoms with Crippen LogP contribution in [-0.4, -0.2) is 85.0 Å². The van der Waals surface area contributed by atoms with Gasteiger partial charge in [0.1, 0.15) is 11.5 Å². The Morgan fingerprint density at radius 2 is 0.478 bits per heavy atom. The van der Waals surface area contributed by atoms with E-state index >= 15 is 0 Å². The lowest BCUT2D eigenvalue weighted by molar-refractivity contribution is -0.0797. The van der Waals surface area contributed by atoms with E-state index in [4.69, 9.17) is 0 Å². The summed E-state index contributed by atoms with van der Waals surface area (Å²) >= 11 is 0. The second-order valence-electron chi connectivity index (χ2n) is 23.1. The van der Waals surface area contributed by atoms with Gasteiger partial charge >= 0.3 is 0 Å². The van der Waals surface area contributed by atoms with Gasteiger partial charge in [-0.1, -0.05) is 133 Å². The third kappa shape index (κ3) is 12.2. The molecule has 1 aliphatic carbocycles. The van der Waals surface area contributed by atoms with Crippen LogP contribution in [0.15, 0.2) is 231 Å². The summed E-state index contributed by atoms with van der Waals surface area (Å²) in [5.74, 6) is -1.74. The quantitative estimate of drug-likeness (QED) is 0.0468. The number of anilines is 10. The molecule has 0 unspecified atom stereocenters. The van der Waals surface area contributed by atoms with Gasteiger partial charge in [0, 0.05) is 167 Å². The Kier molecular flexibility index (Phi) is 19.3. The van der Waals surface area contributed by atoms with Crippen molar-refractivity contribution in [1.82, 2.24) is 0 Å². The van der Waals surface area contributed by atoms with Gasteiger partial charge in [-0.25, -0.2) is 0 Å². The van der Waals surface area contributed by atoms with Crippen LogP contribution in [0.3, 0.4) is 0 Å². The van der Waals surface area contributed by atoms with Gasteiger partial charge in [-0.2, -0.15) is 0 Å². The van der Waals surface area contributed by atoms with Crippen molar-refractivity contribution in [3.05, 3.63) is 242 Å². The largest absolute Gasteiger partial charge is 0.508 e. The Bertz CT molecular complexity index is 3540. The van der Waals surface area contributed by atoms with Crippen LogP contribution in [0, 0.1) is 0 Å². The Morgan fingerprint density at radius 3 is 0.689 bits per heavy atom. The molecule has 10 aromatic rings. The number of hydrogen-bond acceptors (Lipinski definition) is 10. The van der Waals surface area contributed by atoms with E-state index in [1.54, 1.807) is 12.1 Å². The molecular formula is C80H86N6O4. The fourth-order valence-corrected chi connectivity index (χ4v) is 13.6. The van der Waals surface area contributed by atoms with Crippen LogP contribution in [0.25, 0.3) is 44.5 Å². The fraction of sp³-hybridized carbons (Fsp3) is 0.250. The summed E-state index contributed by atoms with van der Waals surface area (Å²) in [5.41, 5.74) is 19.6. The van der Waals surface area contributed by atoms with Crippen LogP contribution < -0.4 is 29.4 Å². The minimum absolute atomic E-state index is 0.0473.